The summed E-state index contributed by atoms with van der Waals surface area (Å²) in [6, 6.07) is 9.49. The van der Waals surface area contributed by atoms with Gasteiger partial charge in [-0.05, 0) is 39.8 Å². The standard InChI is InChI=1S/C15H20N2O2.C2H6/c1-11-12(2)16(10-15(3,4)19)17(14(11)18)13-8-6-5-7-9-13;1-2/h5-9,19H,10H2,1-4H3;1-2H3. The molecule has 1 heterocycles. The highest BCUT2D eigenvalue weighted by atomic mass is 16.3. The first-order valence-electron chi connectivity index (χ1n) is 7.38. The van der Waals surface area contributed by atoms with E-state index < -0.39 is 5.60 Å². The zero-order chi connectivity index (χ0) is 16.2. The largest absolute Gasteiger partial charge is 0.389 e. The van der Waals surface area contributed by atoms with Crippen LogP contribution in [-0.4, -0.2) is 20.1 Å². The molecule has 0 saturated carbocycles. The topological polar surface area (TPSA) is 47.2 Å². The first-order chi connectivity index (χ1) is 9.81. The van der Waals surface area contributed by atoms with E-state index in [1.165, 1.54) is 0 Å². The van der Waals surface area contributed by atoms with Gasteiger partial charge in [0.1, 0.15) is 0 Å². The van der Waals surface area contributed by atoms with Gasteiger partial charge in [-0.15, -0.1) is 0 Å². The number of para-hydroxylation sites is 1. The number of aliphatic hydroxyl groups is 1. The third-order valence-corrected chi connectivity index (χ3v) is 3.22. The van der Waals surface area contributed by atoms with Crippen LogP contribution in [0.4, 0.5) is 0 Å². The fraction of sp³-hybridized carbons (Fsp3) is 0.471. The normalized spacial score (nSPS) is 11.0. The quantitative estimate of drug-likeness (QED) is 0.944. The van der Waals surface area contributed by atoms with E-state index in [-0.39, 0.29) is 5.56 Å². The summed E-state index contributed by atoms with van der Waals surface area (Å²) in [6.07, 6.45) is 0. The van der Waals surface area contributed by atoms with Crippen LogP contribution < -0.4 is 5.56 Å². The minimum atomic E-state index is -0.876. The van der Waals surface area contributed by atoms with Crippen molar-refractivity contribution in [1.29, 1.82) is 0 Å². The predicted molar refractivity (Wildman–Crippen MR) is 87.1 cm³/mol. The van der Waals surface area contributed by atoms with E-state index in [2.05, 4.69) is 0 Å². The van der Waals surface area contributed by atoms with Gasteiger partial charge in [-0.3, -0.25) is 9.48 Å². The molecule has 4 heteroatoms. The summed E-state index contributed by atoms with van der Waals surface area (Å²) in [5.74, 6) is 0. The lowest BCUT2D eigenvalue weighted by Crippen LogP contribution is -2.32. The van der Waals surface area contributed by atoms with Gasteiger partial charge in [-0.2, -0.15) is 0 Å². The Balaban J connectivity index is 0.00000106. The number of aromatic nitrogens is 2. The first kappa shape index (κ1) is 17.2. The smallest absolute Gasteiger partial charge is 0.274 e. The van der Waals surface area contributed by atoms with Gasteiger partial charge in [0.2, 0.25) is 0 Å². The molecule has 0 aliphatic rings. The lowest BCUT2D eigenvalue weighted by molar-refractivity contribution is 0.0546. The Bertz CT molecular complexity index is 631. The summed E-state index contributed by atoms with van der Waals surface area (Å²) in [4.78, 5) is 12.4. The van der Waals surface area contributed by atoms with Crippen molar-refractivity contribution in [2.24, 2.45) is 0 Å². The second-order valence-corrected chi connectivity index (χ2v) is 5.53. The molecular formula is C17H26N2O2. The Morgan fingerprint density at radius 2 is 1.62 bits per heavy atom. The van der Waals surface area contributed by atoms with Crippen molar-refractivity contribution in [2.45, 2.75) is 53.7 Å². The van der Waals surface area contributed by atoms with E-state index in [0.717, 1.165) is 11.4 Å². The summed E-state index contributed by atoms with van der Waals surface area (Å²) in [5, 5.41) is 10.0. The van der Waals surface area contributed by atoms with Gasteiger partial charge in [0.25, 0.3) is 5.56 Å². The van der Waals surface area contributed by atoms with E-state index in [4.69, 9.17) is 0 Å². The molecule has 1 aromatic carbocycles. The Morgan fingerprint density at radius 3 is 2.10 bits per heavy atom. The van der Waals surface area contributed by atoms with E-state index in [0.29, 0.717) is 12.1 Å². The van der Waals surface area contributed by atoms with Crippen molar-refractivity contribution in [2.75, 3.05) is 0 Å². The van der Waals surface area contributed by atoms with Crippen molar-refractivity contribution < 1.29 is 5.11 Å². The highest BCUT2D eigenvalue weighted by Crippen LogP contribution is 2.14. The maximum Gasteiger partial charge on any atom is 0.274 e. The highest BCUT2D eigenvalue weighted by molar-refractivity contribution is 5.33. The molecule has 2 aromatic rings. The molecule has 0 amide bonds. The van der Waals surface area contributed by atoms with Gasteiger partial charge in [0, 0.05) is 11.3 Å². The summed E-state index contributed by atoms with van der Waals surface area (Å²) < 4.78 is 3.47. The second kappa shape index (κ2) is 6.76. The second-order valence-electron chi connectivity index (χ2n) is 5.53. The molecular weight excluding hydrogens is 264 g/mol. The fourth-order valence-corrected chi connectivity index (χ4v) is 2.15. The van der Waals surface area contributed by atoms with Gasteiger partial charge in [0.15, 0.2) is 0 Å². The van der Waals surface area contributed by atoms with Gasteiger partial charge in [-0.25, -0.2) is 4.68 Å². The van der Waals surface area contributed by atoms with Crippen LogP contribution in [0.25, 0.3) is 5.69 Å². The van der Waals surface area contributed by atoms with Crippen molar-refractivity contribution in [1.82, 2.24) is 9.36 Å². The van der Waals surface area contributed by atoms with Gasteiger partial charge < -0.3 is 5.11 Å². The Hall–Kier alpha value is -1.81. The molecule has 1 aromatic heterocycles. The summed E-state index contributed by atoms with van der Waals surface area (Å²) in [5.41, 5.74) is 1.50. The van der Waals surface area contributed by atoms with Crippen LogP contribution in [0.1, 0.15) is 39.0 Å². The zero-order valence-electron chi connectivity index (χ0n) is 13.8. The maximum absolute atomic E-state index is 12.4. The molecule has 4 nitrogen and oxygen atoms in total. The van der Waals surface area contributed by atoms with Crippen LogP contribution in [0.5, 0.6) is 0 Å². The minimum absolute atomic E-state index is 0.0343. The lowest BCUT2D eigenvalue weighted by Gasteiger charge is -2.22. The van der Waals surface area contributed by atoms with Crippen LogP contribution in [-0.2, 0) is 6.54 Å². The molecule has 0 unspecified atom stereocenters. The predicted octanol–water partition coefficient (Wildman–Crippen LogP) is 3.05. The lowest BCUT2D eigenvalue weighted by atomic mass is 10.1. The molecule has 0 atom stereocenters. The molecule has 0 spiro atoms. The molecule has 0 saturated heterocycles. The average molecular weight is 290 g/mol. The van der Waals surface area contributed by atoms with Crippen molar-refractivity contribution in [3.05, 3.63) is 51.9 Å². The zero-order valence-corrected chi connectivity index (χ0v) is 13.8. The number of rotatable bonds is 3. The molecule has 0 bridgehead atoms. The molecule has 21 heavy (non-hydrogen) atoms. The third-order valence-electron chi connectivity index (χ3n) is 3.22. The Labute approximate surface area is 126 Å². The maximum atomic E-state index is 12.4. The molecule has 0 aliphatic carbocycles. The fourth-order valence-electron chi connectivity index (χ4n) is 2.15. The number of benzene rings is 1. The third kappa shape index (κ3) is 3.85. The monoisotopic (exact) mass is 290 g/mol. The Kier molecular flexibility index (Phi) is 5.55. The summed E-state index contributed by atoms with van der Waals surface area (Å²) >= 11 is 0. The van der Waals surface area contributed by atoms with E-state index in [1.54, 1.807) is 18.5 Å². The SMILES string of the molecule is CC.Cc1c(C)n(CC(C)(C)O)n(-c2ccccc2)c1=O. The van der Waals surface area contributed by atoms with Crippen LogP contribution in [0.15, 0.2) is 35.1 Å². The number of hydrogen-bond donors (Lipinski definition) is 1. The van der Waals surface area contributed by atoms with Crippen molar-refractivity contribution in [3.8, 4) is 5.69 Å². The van der Waals surface area contributed by atoms with Crippen LogP contribution in [0.2, 0.25) is 0 Å². The highest BCUT2D eigenvalue weighted by Gasteiger charge is 2.21. The van der Waals surface area contributed by atoms with E-state index in [1.807, 2.05) is 62.7 Å². The van der Waals surface area contributed by atoms with Gasteiger partial charge >= 0.3 is 0 Å². The minimum Gasteiger partial charge on any atom is -0.389 e. The molecule has 0 aliphatic heterocycles. The molecule has 2 rings (SSSR count). The van der Waals surface area contributed by atoms with Crippen LogP contribution >= 0.6 is 0 Å². The average Bonchev–Trinajstić information content (AvgIpc) is 2.65. The molecule has 116 valence electrons. The van der Waals surface area contributed by atoms with E-state index >= 15 is 0 Å². The Morgan fingerprint density at radius 1 is 1.10 bits per heavy atom. The summed E-state index contributed by atoms with van der Waals surface area (Å²) in [6.45, 7) is 11.6. The summed E-state index contributed by atoms with van der Waals surface area (Å²) in [7, 11) is 0. The van der Waals surface area contributed by atoms with Gasteiger partial charge in [0.05, 0.1) is 17.8 Å². The molecule has 0 radical (unpaired) electrons. The van der Waals surface area contributed by atoms with Crippen molar-refractivity contribution >= 4 is 0 Å². The molecule has 0 fully saturated rings. The molecule has 1 N–H and O–H groups in total. The number of nitrogens with zero attached hydrogens (tertiary/aromatic N) is 2. The van der Waals surface area contributed by atoms with Crippen molar-refractivity contribution in [3.63, 3.8) is 0 Å². The van der Waals surface area contributed by atoms with Gasteiger partial charge in [-0.1, -0.05) is 32.0 Å². The first-order valence-corrected chi connectivity index (χ1v) is 7.38. The van der Waals surface area contributed by atoms with E-state index in [9.17, 15) is 9.90 Å². The van der Waals surface area contributed by atoms with Crippen LogP contribution in [0, 0.1) is 13.8 Å². The van der Waals surface area contributed by atoms with Crippen LogP contribution in [0.3, 0.4) is 0 Å². The number of hydrogen-bond acceptors (Lipinski definition) is 2.